The summed E-state index contributed by atoms with van der Waals surface area (Å²) in [6.07, 6.45) is 3.38. The van der Waals surface area contributed by atoms with E-state index in [4.69, 9.17) is 4.74 Å². The predicted molar refractivity (Wildman–Crippen MR) is 73.8 cm³/mol. The fourth-order valence-electron chi connectivity index (χ4n) is 2.00. The van der Waals surface area contributed by atoms with Gasteiger partial charge in [-0.25, -0.2) is 0 Å². The third kappa shape index (κ3) is 2.09. The molecule has 0 unspecified atom stereocenters. The highest BCUT2D eigenvalue weighted by Crippen LogP contribution is 2.20. The Balaban J connectivity index is 2.07. The minimum absolute atomic E-state index is 0.182. The molecular formula is C15H11N3O2. The van der Waals surface area contributed by atoms with Crippen molar-refractivity contribution in [1.82, 2.24) is 15.2 Å². The average molecular weight is 265 g/mol. The number of benzene rings is 1. The zero-order chi connectivity index (χ0) is 13.9. The smallest absolute Gasteiger partial charge is 0.233 e. The van der Waals surface area contributed by atoms with E-state index in [1.807, 2.05) is 18.2 Å². The van der Waals surface area contributed by atoms with Crippen LogP contribution in [0.25, 0.3) is 10.8 Å². The third-order valence-corrected chi connectivity index (χ3v) is 3.01. The highest BCUT2D eigenvalue weighted by atomic mass is 16.5. The minimum Gasteiger partial charge on any atom is -0.480 e. The van der Waals surface area contributed by atoms with Gasteiger partial charge in [0.05, 0.1) is 7.11 Å². The molecule has 0 amide bonds. The first kappa shape index (κ1) is 12.2. The fourth-order valence-corrected chi connectivity index (χ4v) is 2.00. The van der Waals surface area contributed by atoms with E-state index in [-0.39, 0.29) is 11.5 Å². The lowest BCUT2D eigenvalue weighted by Gasteiger charge is -2.05. The SMILES string of the molecule is COc1ccc(C(=O)c2cccc3ccncc23)nn1. The molecule has 0 spiro atoms. The molecule has 0 aliphatic rings. The molecule has 1 aromatic carbocycles. The van der Waals surface area contributed by atoms with Crippen LogP contribution in [0.2, 0.25) is 0 Å². The maximum absolute atomic E-state index is 12.5. The Bertz CT molecular complexity index is 764. The Hall–Kier alpha value is -2.82. The number of rotatable bonds is 3. The topological polar surface area (TPSA) is 65.0 Å². The summed E-state index contributed by atoms with van der Waals surface area (Å²) < 4.78 is 4.93. The summed E-state index contributed by atoms with van der Waals surface area (Å²) in [5, 5.41) is 9.47. The van der Waals surface area contributed by atoms with Gasteiger partial charge in [-0.1, -0.05) is 18.2 Å². The largest absolute Gasteiger partial charge is 0.480 e. The number of ketones is 1. The molecule has 0 fully saturated rings. The summed E-state index contributed by atoms with van der Waals surface area (Å²) in [4.78, 5) is 16.6. The summed E-state index contributed by atoms with van der Waals surface area (Å²) in [5.41, 5.74) is 0.845. The van der Waals surface area contributed by atoms with E-state index in [0.29, 0.717) is 11.4 Å². The van der Waals surface area contributed by atoms with Crippen LogP contribution in [0.3, 0.4) is 0 Å². The average Bonchev–Trinajstić information content (AvgIpc) is 2.54. The molecule has 3 aromatic rings. The molecule has 20 heavy (non-hydrogen) atoms. The maximum Gasteiger partial charge on any atom is 0.233 e. The van der Waals surface area contributed by atoms with Crippen molar-refractivity contribution in [2.45, 2.75) is 0 Å². The van der Waals surface area contributed by atoms with Gasteiger partial charge in [0.1, 0.15) is 5.69 Å². The van der Waals surface area contributed by atoms with Crippen molar-refractivity contribution in [2.24, 2.45) is 0 Å². The molecule has 0 aliphatic heterocycles. The lowest BCUT2D eigenvalue weighted by molar-refractivity contribution is 0.103. The van der Waals surface area contributed by atoms with Crippen LogP contribution in [0.4, 0.5) is 0 Å². The van der Waals surface area contributed by atoms with Gasteiger partial charge in [0.25, 0.3) is 0 Å². The van der Waals surface area contributed by atoms with Gasteiger partial charge >= 0.3 is 0 Å². The Labute approximate surface area is 115 Å². The van der Waals surface area contributed by atoms with Crippen molar-refractivity contribution in [3.8, 4) is 5.88 Å². The number of pyridine rings is 1. The van der Waals surface area contributed by atoms with Crippen LogP contribution >= 0.6 is 0 Å². The second kappa shape index (κ2) is 5.05. The molecule has 0 N–H and O–H groups in total. The zero-order valence-corrected chi connectivity index (χ0v) is 10.8. The minimum atomic E-state index is -0.182. The highest BCUT2D eigenvalue weighted by molar-refractivity contribution is 6.15. The standard InChI is InChI=1S/C15H11N3O2/c1-20-14-6-5-13(17-18-14)15(19)11-4-2-3-10-7-8-16-9-12(10)11/h2-9H,1H3. The number of hydrogen-bond donors (Lipinski definition) is 0. The van der Waals surface area contributed by atoms with E-state index in [1.54, 1.807) is 30.6 Å². The van der Waals surface area contributed by atoms with Crippen molar-refractivity contribution in [2.75, 3.05) is 7.11 Å². The summed E-state index contributed by atoms with van der Waals surface area (Å²) >= 11 is 0. The number of nitrogens with zero attached hydrogens (tertiary/aromatic N) is 3. The first-order chi connectivity index (χ1) is 9.79. The van der Waals surface area contributed by atoms with Gasteiger partial charge in [-0.05, 0) is 17.5 Å². The molecule has 0 radical (unpaired) electrons. The first-order valence-corrected chi connectivity index (χ1v) is 6.05. The zero-order valence-electron chi connectivity index (χ0n) is 10.8. The first-order valence-electron chi connectivity index (χ1n) is 6.05. The molecule has 0 aliphatic carbocycles. The van der Waals surface area contributed by atoms with Crippen LogP contribution < -0.4 is 4.74 Å². The van der Waals surface area contributed by atoms with Gasteiger partial charge in [-0.15, -0.1) is 10.2 Å². The molecule has 0 atom stereocenters. The van der Waals surface area contributed by atoms with E-state index in [1.165, 1.54) is 7.11 Å². The summed E-state index contributed by atoms with van der Waals surface area (Å²) in [6.45, 7) is 0. The van der Waals surface area contributed by atoms with Gasteiger partial charge in [0.15, 0.2) is 0 Å². The van der Waals surface area contributed by atoms with Crippen molar-refractivity contribution in [3.63, 3.8) is 0 Å². The number of ether oxygens (including phenoxy) is 1. The van der Waals surface area contributed by atoms with Gasteiger partial charge in [-0.2, -0.15) is 0 Å². The third-order valence-electron chi connectivity index (χ3n) is 3.01. The highest BCUT2D eigenvalue weighted by Gasteiger charge is 2.14. The fraction of sp³-hybridized carbons (Fsp3) is 0.0667. The molecule has 3 rings (SSSR count). The quantitative estimate of drug-likeness (QED) is 0.680. The number of methoxy groups -OCH3 is 1. The van der Waals surface area contributed by atoms with Crippen LogP contribution in [-0.2, 0) is 0 Å². The number of fused-ring (bicyclic) bond motifs is 1. The van der Waals surface area contributed by atoms with Crippen molar-refractivity contribution >= 4 is 16.6 Å². The van der Waals surface area contributed by atoms with Crippen LogP contribution in [0.15, 0.2) is 48.8 Å². The van der Waals surface area contributed by atoms with Gasteiger partial charge in [0.2, 0.25) is 11.7 Å². The van der Waals surface area contributed by atoms with Gasteiger partial charge in [0, 0.05) is 29.4 Å². The molecule has 2 aromatic heterocycles. The maximum atomic E-state index is 12.5. The molecule has 0 saturated heterocycles. The molecule has 98 valence electrons. The molecule has 2 heterocycles. The van der Waals surface area contributed by atoms with Crippen LogP contribution in [0, 0.1) is 0 Å². The Kier molecular flexibility index (Phi) is 3.09. The molecule has 5 heteroatoms. The lowest BCUT2D eigenvalue weighted by atomic mass is 10.0. The molecule has 5 nitrogen and oxygen atoms in total. The van der Waals surface area contributed by atoms with Crippen molar-refractivity contribution in [3.05, 3.63) is 60.0 Å². The molecular weight excluding hydrogens is 254 g/mol. The summed E-state index contributed by atoms with van der Waals surface area (Å²) in [6, 6.07) is 10.6. The molecule has 0 bridgehead atoms. The lowest BCUT2D eigenvalue weighted by Crippen LogP contribution is -2.06. The number of aromatic nitrogens is 3. The van der Waals surface area contributed by atoms with Crippen molar-refractivity contribution in [1.29, 1.82) is 0 Å². The second-order valence-electron chi connectivity index (χ2n) is 4.19. The van der Waals surface area contributed by atoms with E-state index < -0.39 is 0 Å². The summed E-state index contributed by atoms with van der Waals surface area (Å²) in [5.74, 6) is 0.194. The van der Waals surface area contributed by atoms with Gasteiger partial charge < -0.3 is 4.74 Å². The number of carbonyl (C=O) groups excluding carboxylic acids is 1. The Morgan fingerprint density at radius 2 is 2.00 bits per heavy atom. The number of hydrogen-bond acceptors (Lipinski definition) is 5. The van der Waals surface area contributed by atoms with Gasteiger partial charge in [-0.3, -0.25) is 9.78 Å². The molecule has 0 saturated carbocycles. The number of carbonyl (C=O) groups is 1. The van der Waals surface area contributed by atoms with Crippen LogP contribution in [0.5, 0.6) is 5.88 Å². The van der Waals surface area contributed by atoms with Crippen molar-refractivity contribution < 1.29 is 9.53 Å². The second-order valence-corrected chi connectivity index (χ2v) is 4.19. The van der Waals surface area contributed by atoms with E-state index in [0.717, 1.165) is 10.8 Å². The Morgan fingerprint density at radius 1 is 1.10 bits per heavy atom. The van der Waals surface area contributed by atoms with Crippen LogP contribution in [0.1, 0.15) is 16.1 Å². The van der Waals surface area contributed by atoms with E-state index in [9.17, 15) is 4.79 Å². The summed E-state index contributed by atoms with van der Waals surface area (Å²) in [7, 11) is 1.50. The monoisotopic (exact) mass is 265 g/mol. The van der Waals surface area contributed by atoms with E-state index >= 15 is 0 Å². The van der Waals surface area contributed by atoms with E-state index in [2.05, 4.69) is 15.2 Å². The Morgan fingerprint density at radius 3 is 2.75 bits per heavy atom. The normalized spacial score (nSPS) is 10.4. The predicted octanol–water partition coefficient (Wildman–Crippen LogP) is 2.26. The van der Waals surface area contributed by atoms with Crippen LogP contribution in [-0.4, -0.2) is 28.1 Å².